The van der Waals surface area contributed by atoms with E-state index in [0.717, 1.165) is 41.5 Å². The van der Waals surface area contributed by atoms with Crippen molar-refractivity contribution < 1.29 is 19.1 Å². The molecule has 0 bridgehead atoms. The van der Waals surface area contributed by atoms with Crippen LogP contribution in [0.1, 0.15) is 73.3 Å². The summed E-state index contributed by atoms with van der Waals surface area (Å²) in [5.74, 6) is 0.844. The van der Waals surface area contributed by atoms with Crippen molar-refractivity contribution in [2.24, 2.45) is 11.3 Å². The summed E-state index contributed by atoms with van der Waals surface area (Å²) >= 11 is 5.06. The first-order valence-electron chi connectivity index (χ1n) is 11.6. The highest BCUT2D eigenvalue weighted by Crippen LogP contribution is 2.44. The highest BCUT2D eigenvalue weighted by Gasteiger charge is 2.34. The van der Waals surface area contributed by atoms with Crippen molar-refractivity contribution in [1.29, 1.82) is 0 Å². The van der Waals surface area contributed by atoms with Crippen LogP contribution in [0.5, 0.6) is 5.75 Å². The van der Waals surface area contributed by atoms with E-state index in [1.165, 1.54) is 28.9 Å². The number of benzene rings is 1. The van der Waals surface area contributed by atoms with E-state index in [1.54, 1.807) is 0 Å². The maximum atomic E-state index is 12.7. The molecule has 1 amide bonds. The summed E-state index contributed by atoms with van der Waals surface area (Å²) in [4.78, 5) is 26.4. The molecule has 5 nitrogen and oxygen atoms in total. The summed E-state index contributed by atoms with van der Waals surface area (Å²) in [5.41, 5.74) is 3.03. The van der Waals surface area contributed by atoms with E-state index in [4.69, 9.17) is 9.47 Å². The molecule has 2 aromatic rings. The molecule has 1 aliphatic rings. The Morgan fingerprint density at radius 3 is 2.67 bits per heavy atom. The quantitative estimate of drug-likeness (QED) is 0.298. The summed E-state index contributed by atoms with van der Waals surface area (Å²) in [6, 6.07) is 6.05. The number of aryl methyl sites for hydroxylation is 1. The Balaban J connectivity index is 1.61. The van der Waals surface area contributed by atoms with Crippen LogP contribution in [0.25, 0.3) is 0 Å². The van der Waals surface area contributed by atoms with Crippen molar-refractivity contribution in [1.82, 2.24) is 0 Å². The van der Waals surface area contributed by atoms with E-state index in [0.29, 0.717) is 35.9 Å². The van der Waals surface area contributed by atoms with Crippen LogP contribution in [0, 0.1) is 11.3 Å². The van der Waals surface area contributed by atoms with Crippen molar-refractivity contribution in [3.05, 3.63) is 44.2 Å². The zero-order valence-electron chi connectivity index (χ0n) is 20.2. The van der Waals surface area contributed by atoms with Crippen molar-refractivity contribution in [3.63, 3.8) is 0 Å². The summed E-state index contributed by atoms with van der Waals surface area (Å²) < 4.78 is 11.8. The van der Waals surface area contributed by atoms with Gasteiger partial charge in [0.25, 0.3) is 0 Å². The number of anilines is 1. The molecular formula is C26H34BrNO4S. The Hall–Kier alpha value is -1.86. The van der Waals surface area contributed by atoms with Gasteiger partial charge in [-0.1, -0.05) is 33.8 Å². The molecular weight excluding hydrogens is 502 g/mol. The predicted molar refractivity (Wildman–Crippen MR) is 138 cm³/mol. The van der Waals surface area contributed by atoms with Gasteiger partial charge in [0, 0.05) is 11.3 Å². The predicted octanol–water partition coefficient (Wildman–Crippen LogP) is 6.81. The fourth-order valence-corrected chi connectivity index (χ4v) is 6.09. The van der Waals surface area contributed by atoms with Crippen molar-refractivity contribution >= 4 is 44.1 Å². The molecule has 1 heterocycles. The van der Waals surface area contributed by atoms with Crippen LogP contribution in [0.4, 0.5) is 5.00 Å². The lowest BCUT2D eigenvalue weighted by Gasteiger charge is -2.33. The van der Waals surface area contributed by atoms with Gasteiger partial charge in [-0.25, -0.2) is 4.79 Å². The molecule has 1 aromatic carbocycles. The van der Waals surface area contributed by atoms with E-state index < -0.39 is 0 Å². The smallest absolute Gasteiger partial charge is 0.341 e. The number of carbonyl (C=O) groups excluding carboxylic acids is 2. The number of amides is 1. The Bertz CT molecular complexity index is 1010. The fourth-order valence-electron chi connectivity index (χ4n) is 4.22. The molecule has 1 aromatic heterocycles. The number of nitrogens with one attached hydrogen (secondary N) is 1. The van der Waals surface area contributed by atoms with Crippen molar-refractivity contribution in [2.75, 3.05) is 19.0 Å². The van der Waals surface area contributed by atoms with Crippen LogP contribution >= 0.6 is 27.3 Å². The first-order chi connectivity index (χ1) is 15.6. The van der Waals surface area contributed by atoms with Gasteiger partial charge in [-0.05, 0) is 82.6 Å². The van der Waals surface area contributed by atoms with Crippen LogP contribution < -0.4 is 10.1 Å². The number of rotatable bonds is 8. The number of methoxy groups -OCH3 is 1. The third-order valence-corrected chi connectivity index (χ3v) is 8.13. The molecule has 180 valence electrons. The molecule has 1 unspecified atom stereocenters. The average molecular weight is 537 g/mol. The zero-order valence-corrected chi connectivity index (χ0v) is 22.6. The minimum absolute atomic E-state index is 0.116. The fraction of sp³-hybridized carbons (Fsp3) is 0.538. The molecule has 0 radical (unpaired) electrons. The van der Waals surface area contributed by atoms with Gasteiger partial charge in [-0.3, -0.25) is 4.79 Å². The second kappa shape index (κ2) is 11.0. The van der Waals surface area contributed by atoms with Gasteiger partial charge in [0.1, 0.15) is 10.8 Å². The van der Waals surface area contributed by atoms with Crippen molar-refractivity contribution in [2.45, 2.75) is 66.2 Å². The monoisotopic (exact) mass is 535 g/mol. The third kappa shape index (κ3) is 6.38. The maximum Gasteiger partial charge on any atom is 0.341 e. The molecule has 0 saturated carbocycles. The maximum absolute atomic E-state index is 12.7. The molecule has 33 heavy (non-hydrogen) atoms. The first-order valence-corrected chi connectivity index (χ1v) is 13.2. The third-order valence-electron chi connectivity index (χ3n) is 6.34. The van der Waals surface area contributed by atoms with Gasteiger partial charge in [-0.15, -0.1) is 11.3 Å². The molecule has 1 aliphatic carbocycles. The van der Waals surface area contributed by atoms with Crippen LogP contribution in [0.15, 0.2) is 22.7 Å². The van der Waals surface area contributed by atoms with Gasteiger partial charge >= 0.3 is 5.97 Å². The Morgan fingerprint density at radius 2 is 2.03 bits per heavy atom. The number of halogens is 1. The van der Waals surface area contributed by atoms with E-state index in [1.807, 2.05) is 12.1 Å². The average Bonchev–Trinajstić information content (AvgIpc) is 3.13. The van der Waals surface area contributed by atoms with E-state index in [-0.39, 0.29) is 17.3 Å². The largest absolute Gasteiger partial charge is 0.492 e. The van der Waals surface area contributed by atoms with E-state index in [2.05, 4.69) is 55.0 Å². The standard InChI is InChI=1S/C26H34BrNO4S/c1-6-16-9-12-20(19(27)14-16)32-13-7-8-22(29)28-24-23(25(30)31-5)18-11-10-17(26(2,3)4)15-21(18)33-24/h9,12,14,17H,6-8,10-11,13,15H2,1-5H3,(H,28,29). The molecule has 0 spiro atoms. The highest BCUT2D eigenvalue weighted by molar-refractivity contribution is 9.10. The lowest BCUT2D eigenvalue weighted by Crippen LogP contribution is -2.26. The van der Waals surface area contributed by atoms with Crippen LogP contribution in [-0.2, 0) is 28.8 Å². The number of carbonyl (C=O) groups is 2. The van der Waals surface area contributed by atoms with E-state index in [9.17, 15) is 9.59 Å². The zero-order chi connectivity index (χ0) is 24.2. The number of hydrogen-bond acceptors (Lipinski definition) is 5. The summed E-state index contributed by atoms with van der Waals surface area (Å²) in [5, 5.41) is 3.59. The molecule has 0 saturated heterocycles. The molecule has 1 N–H and O–H groups in total. The Labute approximate surface area is 209 Å². The van der Waals surface area contributed by atoms with Gasteiger partial charge < -0.3 is 14.8 Å². The van der Waals surface area contributed by atoms with Gasteiger partial charge in [-0.2, -0.15) is 0 Å². The van der Waals surface area contributed by atoms with Crippen LogP contribution in [-0.4, -0.2) is 25.6 Å². The number of thiophene rings is 1. The summed E-state index contributed by atoms with van der Waals surface area (Å²) in [6.07, 6.45) is 4.68. The molecule has 7 heteroatoms. The minimum Gasteiger partial charge on any atom is -0.492 e. The van der Waals surface area contributed by atoms with E-state index >= 15 is 0 Å². The number of ether oxygens (including phenoxy) is 2. The van der Waals surface area contributed by atoms with Crippen LogP contribution in [0.2, 0.25) is 0 Å². The second-order valence-corrected chi connectivity index (χ2v) is 11.6. The first kappa shape index (κ1) is 25.8. The van der Waals surface area contributed by atoms with Gasteiger partial charge in [0.15, 0.2) is 0 Å². The Kier molecular flexibility index (Phi) is 8.62. The van der Waals surface area contributed by atoms with Crippen molar-refractivity contribution in [3.8, 4) is 5.75 Å². The molecule has 0 fully saturated rings. The van der Waals surface area contributed by atoms with Gasteiger partial charge in [0.2, 0.25) is 5.91 Å². The number of fused-ring (bicyclic) bond motifs is 1. The highest BCUT2D eigenvalue weighted by atomic mass is 79.9. The second-order valence-electron chi connectivity index (χ2n) is 9.62. The van der Waals surface area contributed by atoms with Crippen LogP contribution in [0.3, 0.4) is 0 Å². The number of esters is 1. The summed E-state index contributed by atoms with van der Waals surface area (Å²) in [7, 11) is 1.39. The lowest BCUT2D eigenvalue weighted by atomic mass is 9.72. The van der Waals surface area contributed by atoms with Gasteiger partial charge in [0.05, 0.1) is 23.8 Å². The topological polar surface area (TPSA) is 64.6 Å². The lowest BCUT2D eigenvalue weighted by molar-refractivity contribution is -0.116. The summed E-state index contributed by atoms with van der Waals surface area (Å²) in [6.45, 7) is 9.34. The molecule has 0 aliphatic heterocycles. The molecule has 3 rings (SSSR count). The minimum atomic E-state index is -0.374. The molecule has 1 atom stereocenters. The Morgan fingerprint density at radius 1 is 1.27 bits per heavy atom. The SMILES string of the molecule is CCc1ccc(OCCCC(=O)Nc2sc3c(c2C(=O)OC)CCC(C(C)(C)C)C3)c(Br)c1. The normalized spacial score (nSPS) is 15.6. The number of hydrogen-bond donors (Lipinski definition) is 1.